The molecule has 1 fully saturated rings. The SMILES string of the molecule is CN(C(=O)OCC1c2ccccc2-c2ccccc21)[C@H](CC1CCOCC1)C(=O)O. The summed E-state index contributed by atoms with van der Waals surface area (Å²) in [5, 5.41) is 9.68. The summed E-state index contributed by atoms with van der Waals surface area (Å²) in [6.45, 7) is 1.47. The van der Waals surface area contributed by atoms with Gasteiger partial charge in [0.25, 0.3) is 0 Å². The fourth-order valence-electron chi connectivity index (χ4n) is 4.55. The molecule has 1 aliphatic carbocycles. The Morgan fingerprint density at radius 2 is 1.63 bits per heavy atom. The molecule has 1 N–H and O–H groups in total. The highest BCUT2D eigenvalue weighted by molar-refractivity contribution is 5.81. The third-order valence-electron chi connectivity index (χ3n) is 6.27. The van der Waals surface area contributed by atoms with Gasteiger partial charge in [0.2, 0.25) is 0 Å². The van der Waals surface area contributed by atoms with Crippen molar-refractivity contribution in [2.24, 2.45) is 5.92 Å². The molecule has 6 nitrogen and oxygen atoms in total. The van der Waals surface area contributed by atoms with Crippen molar-refractivity contribution in [3.05, 3.63) is 59.7 Å². The Labute approximate surface area is 176 Å². The molecule has 2 aromatic rings. The first-order chi connectivity index (χ1) is 14.6. The molecule has 0 spiro atoms. The smallest absolute Gasteiger partial charge is 0.410 e. The molecule has 1 heterocycles. The van der Waals surface area contributed by atoms with Crippen LogP contribution in [0.5, 0.6) is 0 Å². The number of nitrogens with zero attached hydrogens (tertiary/aromatic N) is 1. The summed E-state index contributed by atoms with van der Waals surface area (Å²) in [5.74, 6) is -0.810. The van der Waals surface area contributed by atoms with Crippen LogP contribution in [0.15, 0.2) is 48.5 Å². The van der Waals surface area contributed by atoms with Gasteiger partial charge in [0.1, 0.15) is 12.6 Å². The maximum Gasteiger partial charge on any atom is 0.410 e. The van der Waals surface area contributed by atoms with Crippen molar-refractivity contribution >= 4 is 12.1 Å². The molecular formula is C24H27NO5. The molecule has 1 aliphatic heterocycles. The number of aliphatic carboxylic acids is 1. The number of amides is 1. The summed E-state index contributed by atoms with van der Waals surface area (Å²) in [6, 6.07) is 15.4. The summed E-state index contributed by atoms with van der Waals surface area (Å²) < 4.78 is 11.0. The fourth-order valence-corrected chi connectivity index (χ4v) is 4.55. The molecule has 30 heavy (non-hydrogen) atoms. The van der Waals surface area contributed by atoms with Crippen LogP contribution in [0.2, 0.25) is 0 Å². The molecule has 1 amide bonds. The van der Waals surface area contributed by atoms with Crippen LogP contribution in [0.4, 0.5) is 4.79 Å². The number of fused-ring (bicyclic) bond motifs is 3. The van der Waals surface area contributed by atoms with Crippen molar-refractivity contribution in [3.8, 4) is 11.1 Å². The normalized spacial score (nSPS) is 17.1. The lowest BCUT2D eigenvalue weighted by Gasteiger charge is -2.30. The molecule has 0 saturated carbocycles. The van der Waals surface area contributed by atoms with E-state index in [0.717, 1.165) is 35.1 Å². The molecule has 0 aromatic heterocycles. The number of carbonyl (C=O) groups excluding carboxylic acids is 1. The predicted molar refractivity (Wildman–Crippen MR) is 112 cm³/mol. The van der Waals surface area contributed by atoms with E-state index in [2.05, 4.69) is 24.3 Å². The van der Waals surface area contributed by atoms with E-state index in [1.165, 1.54) is 11.9 Å². The van der Waals surface area contributed by atoms with Gasteiger partial charge in [-0.3, -0.25) is 4.90 Å². The first-order valence-electron chi connectivity index (χ1n) is 10.4. The lowest BCUT2D eigenvalue weighted by atomic mass is 9.92. The van der Waals surface area contributed by atoms with Gasteiger partial charge < -0.3 is 14.6 Å². The third-order valence-corrected chi connectivity index (χ3v) is 6.27. The van der Waals surface area contributed by atoms with Crippen LogP contribution in [0.3, 0.4) is 0 Å². The maximum atomic E-state index is 12.7. The van der Waals surface area contributed by atoms with Crippen LogP contribution in [0.1, 0.15) is 36.3 Å². The molecule has 0 bridgehead atoms. The zero-order valence-electron chi connectivity index (χ0n) is 17.1. The highest BCUT2D eigenvalue weighted by Gasteiger charge is 2.33. The molecule has 1 saturated heterocycles. The van der Waals surface area contributed by atoms with Gasteiger partial charge in [-0.15, -0.1) is 0 Å². The van der Waals surface area contributed by atoms with E-state index >= 15 is 0 Å². The molecule has 4 rings (SSSR count). The zero-order valence-corrected chi connectivity index (χ0v) is 17.1. The molecule has 1 atom stereocenters. The number of ether oxygens (including phenoxy) is 2. The standard InChI is InChI=1S/C24H27NO5/c1-25(22(23(26)27)14-16-10-12-29-13-11-16)24(28)30-15-21-19-8-4-2-6-17(19)18-7-3-5-9-20(18)21/h2-9,16,21-22H,10-15H2,1H3,(H,26,27)/t22-/m1/s1. The molecule has 2 aromatic carbocycles. The van der Waals surface area contributed by atoms with Gasteiger partial charge in [-0.05, 0) is 47.4 Å². The Morgan fingerprint density at radius 1 is 1.07 bits per heavy atom. The van der Waals surface area contributed by atoms with Crippen molar-refractivity contribution in [2.75, 3.05) is 26.9 Å². The van der Waals surface area contributed by atoms with E-state index in [4.69, 9.17) is 9.47 Å². The van der Waals surface area contributed by atoms with Gasteiger partial charge in [-0.2, -0.15) is 0 Å². The van der Waals surface area contributed by atoms with Gasteiger partial charge in [0.15, 0.2) is 0 Å². The van der Waals surface area contributed by atoms with Gasteiger partial charge in [-0.1, -0.05) is 48.5 Å². The van der Waals surface area contributed by atoms with Crippen LogP contribution >= 0.6 is 0 Å². The third kappa shape index (κ3) is 4.05. The average Bonchev–Trinajstić information content (AvgIpc) is 3.09. The number of hydrogen-bond donors (Lipinski definition) is 1. The highest BCUT2D eigenvalue weighted by atomic mass is 16.6. The molecule has 0 radical (unpaired) electrons. The number of benzene rings is 2. The molecular weight excluding hydrogens is 382 g/mol. The number of likely N-dealkylation sites (N-methyl/N-ethyl adjacent to an activating group) is 1. The van der Waals surface area contributed by atoms with E-state index in [1.807, 2.05) is 24.3 Å². The number of carboxylic acids is 1. The number of hydrogen-bond acceptors (Lipinski definition) is 4. The van der Waals surface area contributed by atoms with Crippen molar-refractivity contribution in [1.82, 2.24) is 4.90 Å². The Morgan fingerprint density at radius 3 is 2.20 bits per heavy atom. The summed E-state index contributed by atoms with van der Waals surface area (Å²) in [4.78, 5) is 25.8. The Bertz CT molecular complexity index is 876. The van der Waals surface area contributed by atoms with Crippen LogP contribution < -0.4 is 0 Å². The van der Waals surface area contributed by atoms with E-state index in [9.17, 15) is 14.7 Å². The topological polar surface area (TPSA) is 76.1 Å². The van der Waals surface area contributed by atoms with Crippen LogP contribution in [-0.2, 0) is 14.3 Å². The second-order valence-corrected chi connectivity index (χ2v) is 8.06. The van der Waals surface area contributed by atoms with Crippen molar-refractivity contribution in [1.29, 1.82) is 0 Å². The van der Waals surface area contributed by atoms with Crippen LogP contribution in [0.25, 0.3) is 11.1 Å². The molecule has 2 aliphatic rings. The average molecular weight is 409 g/mol. The largest absolute Gasteiger partial charge is 0.480 e. The fraction of sp³-hybridized carbons (Fsp3) is 0.417. The Balaban J connectivity index is 1.44. The van der Waals surface area contributed by atoms with Gasteiger partial charge >= 0.3 is 12.1 Å². The predicted octanol–water partition coefficient (Wildman–Crippen LogP) is 4.14. The van der Waals surface area contributed by atoms with Gasteiger partial charge in [0.05, 0.1) is 0 Å². The monoisotopic (exact) mass is 409 g/mol. The summed E-state index contributed by atoms with van der Waals surface area (Å²) in [5.41, 5.74) is 4.58. The van der Waals surface area contributed by atoms with Crippen molar-refractivity contribution in [3.63, 3.8) is 0 Å². The van der Waals surface area contributed by atoms with Gasteiger partial charge in [-0.25, -0.2) is 9.59 Å². The van der Waals surface area contributed by atoms with Crippen molar-refractivity contribution < 1.29 is 24.2 Å². The van der Waals surface area contributed by atoms with E-state index in [1.54, 1.807) is 0 Å². The summed E-state index contributed by atoms with van der Waals surface area (Å²) in [7, 11) is 1.51. The van der Waals surface area contributed by atoms with Crippen molar-refractivity contribution in [2.45, 2.75) is 31.2 Å². The van der Waals surface area contributed by atoms with E-state index in [0.29, 0.717) is 19.6 Å². The second-order valence-electron chi connectivity index (χ2n) is 8.06. The lowest BCUT2D eigenvalue weighted by Crippen LogP contribution is -2.44. The Hall–Kier alpha value is -2.86. The number of carboxylic acid groups (broad SMARTS) is 1. The molecule has 0 unspecified atom stereocenters. The lowest BCUT2D eigenvalue weighted by molar-refractivity contribution is -0.143. The highest BCUT2D eigenvalue weighted by Crippen LogP contribution is 2.44. The minimum Gasteiger partial charge on any atom is -0.480 e. The maximum absolute atomic E-state index is 12.7. The minimum absolute atomic E-state index is 0.0477. The first-order valence-corrected chi connectivity index (χ1v) is 10.4. The summed E-state index contributed by atoms with van der Waals surface area (Å²) >= 11 is 0. The summed E-state index contributed by atoms with van der Waals surface area (Å²) in [6.07, 6.45) is 1.46. The quantitative estimate of drug-likeness (QED) is 0.776. The first kappa shape index (κ1) is 20.4. The minimum atomic E-state index is -1.00. The van der Waals surface area contributed by atoms with Crippen LogP contribution in [-0.4, -0.2) is 55.0 Å². The van der Waals surface area contributed by atoms with E-state index in [-0.39, 0.29) is 18.4 Å². The number of carbonyl (C=O) groups is 2. The second kappa shape index (κ2) is 8.88. The Kier molecular flexibility index (Phi) is 6.04. The number of rotatable bonds is 6. The van der Waals surface area contributed by atoms with Gasteiger partial charge in [0, 0.05) is 26.2 Å². The van der Waals surface area contributed by atoms with Crippen LogP contribution in [0, 0.1) is 5.92 Å². The molecule has 6 heteroatoms. The zero-order chi connectivity index (χ0) is 21.1. The van der Waals surface area contributed by atoms with E-state index < -0.39 is 18.1 Å². The molecule has 158 valence electrons.